The number of rotatable bonds is 5. The van der Waals surface area contributed by atoms with Crippen LogP contribution < -0.4 is 0 Å². The Kier molecular flexibility index (Phi) is 5.23. The fraction of sp³-hybridized carbons (Fsp3) is 0.909. The van der Waals surface area contributed by atoms with E-state index in [1.165, 1.54) is 0 Å². The lowest BCUT2D eigenvalue weighted by atomic mass is 9.87. The molecule has 1 atom stereocenters. The molecule has 0 aliphatic rings. The van der Waals surface area contributed by atoms with Crippen LogP contribution in [0.15, 0.2) is 0 Å². The van der Waals surface area contributed by atoms with Gasteiger partial charge in [0.1, 0.15) is 6.10 Å². The van der Waals surface area contributed by atoms with E-state index in [1.54, 1.807) is 7.11 Å². The van der Waals surface area contributed by atoms with Crippen LogP contribution in [0.3, 0.4) is 0 Å². The lowest BCUT2D eigenvalue weighted by Gasteiger charge is -2.23. The maximum Gasteiger partial charge on any atom is 0.161 e. The van der Waals surface area contributed by atoms with Gasteiger partial charge in [0.15, 0.2) is 5.78 Å². The summed E-state index contributed by atoms with van der Waals surface area (Å²) in [6.45, 7) is 8.39. The van der Waals surface area contributed by atoms with Gasteiger partial charge in [0.2, 0.25) is 0 Å². The van der Waals surface area contributed by atoms with Crippen molar-refractivity contribution in [2.45, 2.75) is 53.1 Å². The monoisotopic (exact) mass is 186 g/mol. The third-order valence-corrected chi connectivity index (χ3v) is 1.94. The molecule has 0 amide bonds. The Labute approximate surface area is 81.7 Å². The number of methoxy groups -OCH3 is 1. The highest BCUT2D eigenvalue weighted by molar-refractivity contribution is 5.83. The van der Waals surface area contributed by atoms with E-state index in [-0.39, 0.29) is 17.3 Å². The van der Waals surface area contributed by atoms with Crippen molar-refractivity contribution in [2.75, 3.05) is 7.11 Å². The first-order valence-electron chi connectivity index (χ1n) is 4.96. The van der Waals surface area contributed by atoms with Crippen molar-refractivity contribution >= 4 is 5.78 Å². The highest BCUT2D eigenvalue weighted by atomic mass is 16.5. The molecule has 2 heteroatoms. The van der Waals surface area contributed by atoms with Gasteiger partial charge in [0.25, 0.3) is 0 Å². The molecule has 0 aromatic heterocycles. The number of Topliss-reactive ketones (excluding diaryl/α,β-unsaturated/α-hetero) is 1. The first-order valence-corrected chi connectivity index (χ1v) is 4.96. The van der Waals surface area contributed by atoms with E-state index in [0.29, 0.717) is 6.42 Å². The molecule has 0 aromatic rings. The maximum absolute atomic E-state index is 11.5. The summed E-state index contributed by atoms with van der Waals surface area (Å²) in [5, 5.41) is 0. The van der Waals surface area contributed by atoms with Crippen molar-refractivity contribution in [3.8, 4) is 0 Å². The van der Waals surface area contributed by atoms with E-state index in [2.05, 4.69) is 20.8 Å². The van der Waals surface area contributed by atoms with Crippen LogP contribution in [0.1, 0.15) is 47.0 Å². The quantitative estimate of drug-likeness (QED) is 0.660. The zero-order chi connectivity index (χ0) is 10.5. The molecule has 0 spiro atoms. The SMILES string of the molecule is CCCC(=O)C(CC(C)(C)C)OC. The Hall–Kier alpha value is -0.370. The van der Waals surface area contributed by atoms with E-state index < -0.39 is 0 Å². The van der Waals surface area contributed by atoms with Crippen molar-refractivity contribution in [3.05, 3.63) is 0 Å². The van der Waals surface area contributed by atoms with Crippen molar-refractivity contribution < 1.29 is 9.53 Å². The van der Waals surface area contributed by atoms with Gasteiger partial charge < -0.3 is 4.74 Å². The molecule has 0 bridgehead atoms. The zero-order valence-electron chi connectivity index (χ0n) is 9.52. The minimum absolute atomic E-state index is 0.157. The molecule has 2 nitrogen and oxygen atoms in total. The van der Waals surface area contributed by atoms with Crippen LogP contribution in [0.25, 0.3) is 0 Å². The third-order valence-electron chi connectivity index (χ3n) is 1.94. The van der Waals surface area contributed by atoms with Gasteiger partial charge in [-0.25, -0.2) is 0 Å². The smallest absolute Gasteiger partial charge is 0.161 e. The fourth-order valence-corrected chi connectivity index (χ4v) is 1.29. The van der Waals surface area contributed by atoms with Crippen LogP contribution in [0, 0.1) is 5.41 Å². The lowest BCUT2D eigenvalue weighted by molar-refractivity contribution is -0.130. The maximum atomic E-state index is 11.5. The number of hydrogen-bond acceptors (Lipinski definition) is 2. The van der Waals surface area contributed by atoms with E-state index in [4.69, 9.17) is 4.74 Å². The van der Waals surface area contributed by atoms with E-state index in [0.717, 1.165) is 12.8 Å². The van der Waals surface area contributed by atoms with Crippen LogP contribution >= 0.6 is 0 Å². The number of ether oxygens (including phenoxy) is 1. The van der Waals surface area contributed by atoms with Gasteiger partial charge >= 0.3 is 0 Å². The Morgan fingerprint density at radius 3 is 2.23 bits per heavy atom. The minimum Gasteiger partial charge on any atom is -0.374 e. The second-order valence-electron chi connectivity index (χ2n) is 4.71. The van der Waals surface area contributed by atoms with Crippen molar-refractivity contribution in [2.24, 2.45) is 5.41 Å². The van der Waals surface area contributed by atoms with Gasteiger partial charge in [0, 0.05) is 13.5 Å². The normalized spacial score (nSPS) is 14.2. The molecule has 0 aliphatic carbocycles. The van der Waals surface area contributed by atoms with Crippen LogP contribution in [-0.4, -0.2) is 19.0 Å². The molecule has 0 radical (unpaired) electrons. The van der Waals surface area contributed by atoms with E-state index in [1.807, 2.05) is 6.92 Å². The average molecular weight is 186 g/mol. The summed E-state index contributed by atoms with van der Waals surface area (Å²) in [5.74, 6) is 0.236. The van der Waals surface area contributed by atoms with Gasteiger partial charge in [0.05, 0.1) is 0 Å². The highest BCUT2D eigenvalue weighted by Gasteiger charge is 2.23. The molecule has 0 N–H and O–H groups in total. The van der Waals surface area contributed by atoms with E-state index >= 15 is 0 Å². The molecule has 0 saturated heterocycles. The summed E-state index contributed by atoms with van der Waals surface area (Å²) in [7, 11) is 1.62. The molecular formula is C11H22O2. The number of carbonyl (C=O) groups excluding carboxylic acids is 1. The van der Waals surface area contributed by atoms with E-state index in [9.17, 15) is 4.79 Å². The Bertz CT molecular complexity index is 156. The molecule has 0 heterocycles. The molecule has 0 fully saturated rings. The zero-order valence-corrected chi connectivity index (χ0v) is 9.52. The van der Waals surface area contributed by atoms with Gasteiger partial charge in [-0.15, -0.1) is 0 Å². The van der Waals surface area contributed by atoms with Crippen molar-refractivity contribution in [1.29, 1.82) is 0 Å². The molecule has 78 valence electrons. The number of ketones is 1. The Balaban J connectivity index is 4.10. The second-order valence-corrected chi connectivity index (χ2v) is 4.71. The second kappa shape index (κ2) is 5.38. The summed E-state index contributed by atoms with van der Waals surface area (Å²) in [4.78, 5) is 11.5. The van der Waals surface area contributed by atoms with Crippen LogP contribution in [0.5, 0.6) is 0 Å². The van der Waals surface area contributed by atoms with Crippen molar-refractivity contribution in [1.82, 2.24) is 0 Å². The Morgan fingerprint density at radius 1 is 1.38 bits per heavy atom. The summed E-state index contributed by atoms with van der Waals surface area (Å²) in [6.07, 6.45) is 2.14. The topological polar surface area (TPSA) is 26.3 Å². The average Bonchev–Trinajstić information content (AvgIpc) is 1.99. The van der Waals surface area contributed by atoms with Crippen LogP contribution in [0.2, 0.25) is 0 Å². The highest BCUT2D eigenvalue weighted by Crippen LogP contribution is 2.23. The minimum atomic E-state index is -0.208. The molecule has 0 aromatic carbocycles. The standard InChI is InChI=1S/C11H22O2/c1-6-7-9(12)10(13-5)8-11(2,3)4/h10H,6-8H2,1-5H3. The molecule has 13 heavy (non-hydrogen) atoms. The summed E-state index contributed by atoms with van der Waals surface area (Å²) in [6, 6.07) is 0. The van der Waals surface area contributed by atoms with Crippen LogP contribution in [-0.2, 0) is 9.53 Å². The molecular weight excluding hydrogens is 164 g/mol. The lowest BCUT2D eigenvalue weighted by Crippen LogP contribution is -2.28. The van der Waals surface area contributed by atoms with Crippen molar-refractivity contribution in [3.63, 3.8) is 0 Å². The summed E-state index contributed by atoms with van der Waals surface area (Å²) in [5.41, 5.74) is 0.157. The van der Waals surface area contributed by atoms with Gasteiger partial charge in [-0.05, 0) is 18.3 Å². The third kappa shape index (κ3) is 5.81. The summed E-state index contributed by atoms with van der Waals surface area (Å²) >= 11 is 0. The predicted molar refractivity (Wildman–Crippen MR) is 54.8 cm³/mol. The first-order chi connectivity index (χ1) is 5.90. The summed E-state index contributed by atoms with van der Waals surface area (Å²) < 4.78 is 5.19. The molecule has 0 aliphatic heterocycles. The fourth-order valence-electron chi connectivity index (χ4n) is 1.29. The first kappa shape index (κ1) is 12.6. The molecule has 0 saturated carbocycles. The van der Waals surface area contributed by atoms with Gasteiger partial charge in [-0.3, -0.25) is 4.79 Å². The molecule has 1 unspecified atom stereocenters. The largest absolute Gasteiger partial charge is 0.374 e. The number of carbonyl (C=O) groups is 1. The van der Waals surface area contributed by atoms with Crippen LogP contribution in [0.4, 0.5) is 0 Å². The van der Waals surface area contributed by atoms with Gasteiger partial charge in [-0.1, -0.05) is 27.7 Å². The molecule has 0 rings (SSSR count). The Morgan fingerprint density at radius 2 is 1.92 bits per heavy atom. The predicted octanol–water partition coefficient (Wildman–Crippen LogP) is 2.81. The van der Waals surface area contributed by atoms with Gasteiger partial charge in [-0.2, -0.15) is 0 Å². The number of hydrogen-bond donors (Lipinski definition) is 0.